The summed E-state index contributed by atoms with van der Waals surface area (Å²) in [5, 5.41) is 9.28. The van der Waals surface area contributed by atoms with Gasteiger partial charge in [0.2, 0.25) is 0 Å². The van der Waals surface area contributed by atoms with Crippen LogP contribution in [0.4, 0.5) is 0 Å². The number of carbonyl (C=O) groups excluding carboxylic acids is 1. The summed E-state index contributed by atoms with van der Waals surface area (Å²) in [5.74, 6) is 0.794. The second kappa shape index (κ2) is 7.66. The molecule has 29 heavy (non-hydrogen) atoms. The molecule has 1 atom stereocenters. The van der Waals surface area contributed by atoms with Crippen LogP contribution in [0.15, 0.2) is 62.8 Å². The zero-order valence-corrected chi connectivity index (χ0v) is 17.3. The number of hydrogen-bond donors (Lipinski definition) is 1. The number of furan rings is 1. The van der Waals surface area contributed by atoms with Crippen LogP contribution in [0.25, 0.3) is 11.2 Å². The number of rotatable bonds is 5. The largest absolute Gasteiger partial charge is 0.467 e. The van der Waals surface area contributed by atoms with Crippen LogP contribution in [0, 0.1) is 0 Å². The molecule has 0 aliphatic carbocycles. The molecule has 0 aromatic carbocycles. The summed E-state index contributed by atoms with van der Waals surface area (Å²) in [4.78, 5) is 25.7. The van der Waals surface area contributed by atoms with Gasteiger partial charge in [0.05, 0.1) is 33.1 Å². The summed E-state index contributed by atoms with van der Waals surface area (Å²) in [6, 6.07) is 9.20. The van der Waals surface area contributed by atoms with Gasteiger partial charge in [-0.25, -0.2) is 15.0 Å². The van der Waals surface area contributed by atoms with E-state index >= 15 is 0 Å². The fourth-order valence-corrected chi connectivity index (χ4v) is 4.76. The van der Waals surface area contributed by atoms with Gasteiger partial charge < -0.3 is 9.40 Å². The molecule has 0 bridgehead atoms. The van der Waals surface area contributed by atoms with Gasteiger partial charge in [-0.1, -0.05) is 29.4 Å². The minimum Gasteiger partial charge on any atom is -0.467 e. The number of aromatic amines is 1. The van der Waals surface area contributed by atoms with E-state index in [1.165, 1.54) is 16.8 Å². The molecule has 5 heterocycles. The number of thiophene rings is 1. The van der Waals surface area contributed by atoms with E-state index in [0.717, 1.165) is 21.9 Å². The maximum Gasteiger partial charge on any atom is 0.253 e. The van der Waals surface area contributed by atoms with Gasteiger partial charge >= 0.3 is 0 Å². The molecule has 0 fully saturated rings. The Kier molecular flexibility index (Phi) is 4.86. The summed E-state index contributed by atoms with van der Waals surface area (Å²) in [6.45, 7) is 0. The van der Waals surface area contributed by atoms with Crippen LogP contribution in [-0.2, 0) is 4.79 Å². The lowest BCUT2D eigenvalue weighted by molar-refractivity contribution is -0.130. The average molecular weight is 444 g/mol. The van der Waals surface area contributed by atoms with Crippen molar-refractivity contribution in [1.29, 1.82) is 0 Å². The van der Waals surface area contributed by atoms with Gasteiger partial charge in [-0.05, 0) is 29.6 Å². The highest BCUT2D eigenvalue weighted by Gasteiger charge is 2.35. The molecule has 0 radical (unpaired) electrons. The molecule has 10 heteroatoms. The number of hydrogen-bond acceptors (Lipinski definition) is 7. The van der Waals surface area contributed by atoms with Crippen molar-refractivity contribution in [3.63, 3.8) is 0 Å². The zero-order chi connectivity index (χ0) is 19.8. The molecule has 7 nitrogen and oxygen atoms in total. The standard InChI is InChI=1S/C19H14ClN5O2S2/c20-11-7-13-18(21-9-11)23-19(22-13)29-10-17(26)25-14(15-3-1-5-27-15)8-12(24-25)16-4-2-6-28-16/h1-7,9,14H,8,10H2,(H,21,22,23)/t14-/m0/s1. The van der Waals surface area contributed by atoms with E-state index in [1.54, 1.807) is 29.9 Å². The van der Waals surface area contributed by atoms with E-state index in [4.69, 9.17) is 16.0 Å². The van der Waals surface area contributed by atoms with Crippen LogP contribution in [0.2, 0.25) is 5.02 Å². The predicted octanol–water partition coefficient (Wildman–Crippen LogP) is 4.74. The number of nitrogens with zero attached hydrogens (tertiary/aromatic N) is 4. The van der Waals surface area contributed by atoms with Gasteiger partial charge in [-0.15, -0.1) is 11.3 Å². The van der Waals surface area contributed by atoms with E-state index in [-0.39, 0.29) is 17.7 Å². The first-order valence-corrected chi connectivity index (χ1v) is 11.0. The number of carbonyl (C=O) groups is 1. The molecule has 5 rings (SSSR count). The van der Waals surface area contributed by atoms with Crippen LogP contribution in [0.3, 0.4) is 0 Å². The zero-order valence-electron chi connectivity index (χ0n) is 14.9. The first kappa shape index (κ1) is 18.4. The number of fused-ring (bicyclic) bond motifs is 1. The highest BCUT2D eigenvalue weighted by Crippen LogP contribution is 2.34. The van der Waals surface area contributed by atoms with Crippen molar-refractivity contribution in [2.24, 2.45) is 5.10 Å². The Bertz CT molecular complexity index is 1190. The summed E-state index contributed by atoms with van der Waals surface area (Å²) < 4.78 is 5.57. The van der Waals surface area contributed by atoms with Crippen molar-refractivity contribution in [2.75, 3.05) is 5.75 Å². The minimum absolute atomic E-state index is 0.116. The third-order valence-electron chi connectivity index (χ3n) is 4.46. The highest BCUT2D eigenvalue weighted by molar-refractivity contribution is 7.99. The average Bonchev–Trinajstić information content (AvgIpc) is 3.51. The quantitative estimate of drug-likeness (QED) is 0.450. The number of imidazole rings is 1. The highest BCUT2D eigenvalue weighted by atomic mass is 35.5. The Morgan fingerprint density at radius 3 is 3.14 bits per heavy atom. The summed E-state index contributed by atoms with van der Waals surface area (Å²) in [6.07, 6.45) is 3.78. The molecule has 0 saturated carbocycles. The fourth-order valence-electron chi connectivity index (χ4n) is 3.15. The Hall–Kier alpha value is -2.62. The topological polar surface area (TPSA) is 87.4 Å². The summed E-state index contributed by atoms with van der Waals surface area (Å²) in [5.41, 5.74) is 2.19. The molecule has 146 valence electrons. The van der Waals surface area contributed by atoms with Gasteiger partial charge in [0.1, 0.15) is 11.8 Å². The van der Waals surface area contributed by atoms with Crippen LogP contribution in [-0.4, -0.2) is 37.3 Å². The number of hydrazone groups is 1. The van der Waals surface area contributed by atoms with Gasteiger partial charge in [0, 0.05) is 12.6 Å². The minimum atomic E-state index is -0.244. The first-order chi connectivity index (χ1) is 14.2. The van der Waals surface area contributed by atoms with E-state index in [2.05, 4.69) is 20.1 Å². The molecule has 1 aliphatic heterocycles. The molecule has 0 saturated heterocycles. The molecule has 1 N–H and O–H groups in total. The Morgan fingerprint density at radius 2 is 2.34 bits per heavy atom. The van der Waals surface area contributed by atoms with E-state index in [1.807, 2.05) is 29.6 Å². The number of halogens is 1. The fraction of sp³-hybridized carbons (Fsp3) is 0.158. The molecule has 0 spiro atoms. The third kappa shape index (κ3) is 3.68. The predicted molar refractivity (Wildman–Crippen MR) is 113 cm³/mol. The maximum absolute atomic E-state index is 13.0. The molecule has 1 aliphatic rings. The van der Waals surface area contributed by atoms with Crippen molar-refractivity contribution in [3.05, 3.63) is 63.8 Å². The van der Waals surface area contributed by atoms with Gasteiger partial charge in [-0.3, -0.25) is 4.79 Å². The van der Waals surface area contributed by atoms with Crippen LogP contribution in [0.5, 0.6) is 0 Å². The number of pyridine rings is 1. The van der Waals surface area contributed by atoms with Crippen molar-refractivity contribution >= 4 is 57.5 Å². The number of aromatic nitrogens is 3. The summed E-state index contributed by atoms with van der Waals surface area (Å²) >= 11 is 8.88. The Balaban J connectivity index is 1.35. The SMILES string of the molecule is O=C(CSc1nc2ncc(Cl)cc2[nH]1)N1N=C(c2cccs2)C[C@H]1c1ccco1. The maximum atomic E-state index is 13.0. The molecule has 0 unspecified atom stereocenters. The number of H-pyrrole nitrogens is 1. The molecule has 4 aromatic rings. The Labute approximate surface area is 178 Å². The molecule has 4 aromatic heterocycles. The van der Waals surface area contributed by atoms with Crippen LogP contribution in [0.1, 0.15) is 23.1 Å². The van der Waals surface area contributed by atoms with Crippen LogP contribution < -0.4 is 0 Å². The normalized spacial score (nSPS) is 16.5. The first-order valence-electron chi connectivity index (χ1n) is 8.78. The van der Waals surface area contributed by atoms with E-state index in [9.17, 15) is 4.79 Å². The number of nitrogens with one attached hydrogen (secondary N) is 1. The van der Waals surface area contributed by atoms with Crippen molar-refractivity contribution in [2.45, 2.75) is 17.6 Å². The molecule has 1 amide bonds. The van der Waals surface area contributed by atoms with Gasteiger partial charge in [0.15, 0.2) is 10.8 Å². The lowest BCUT2D eigenvalue weighted by Crippen LogP contribution is -2.28. The van der Waals surface area contributed by atoms with E-state index < -0.39 is 0 Å². The van der Waals surface area contributed by atoms with Crippen LogP contribution >= 0.6 is 34.7 Å². The monoisotopic (exact) mass is 443 g/mol. The number of thioether (sulfide) groups is 1. The summed E-state index contributed by atoms with van der Waals surface area (Å²) in [7, 11) is 0. The smallest absolute Gasteiger partial charge is 0.253 e. The second-order valence-corrected chi connectivity index (χ2v) is 8.70. The molecular weight excluding hydrogens is 430 g/mol. The van der Waals surface area contributed by atoms with Crippen molar-refractivity contribution in [1.82, 2.24) is 20.0 Å². The third-order valence-corrected chi connectivity index (χ3v) is 6.44. The van der Waals surface area contributed by atoms with E-state index in [0.29, 0.717) is 22.2 Å². The lowest BCUT2D eigenvalue weighted by Gasteiger charge is -2.19. The van der Waals surface area contributed by atoms with Gasteiger partial charge in [0.25, 0.3) is 5.91 Å². The second-order valence-electron chi connectivity index (χ2n) is 6.35. The molecular formula is C19H14ClN5O2S2. The lowest BCUT2D eigenvalue weighted by atomic mass is 10.1. The Morgan fingerprint density at radius 1 is 1.41 bits per heavy atom. The van der Waals surface area contributed by atoms with Gasteiger partial charge in [-0.2, -0.15) is 5.10 Å². The number of amides is 1. The van der Waals surface area contributed by atoms with Crippen molar-refractivity contribution < 1.29 is 9.21 Å². The van der Waals surface area contributed by atoms with Crippen molar-refractivity contribution in [3.8, 4) is 0 Å².